The summed E-state index contributed by atoms with van der Waals surface area (Å²) < 4.78 is 1.53. The lowest BCUT2D eigenvalue weighted by Crippen LogP contribution is -2.20. The van der Waals surface area contributed by atoms with Gasteiger partial charge in [-0.3, -0.25) is 0 Å². The Morgan fingerprint density at radius 1 is 1.50 bits per heavy atom. The van der Waals surface area contributed by atoms with Gasteiger partial charge in [0.2, 0.25) is 5.16 Å². The molecule has 6 heteroatoms. The monoisotopic (exact) mass is 176 g/mol. The van der Waals surface area contributed by atoms with Gasteiger partial charge >= 0.3 is 0 Å². The van der Waals surface area contributed by atoms with Crippen molar-refractivity contribution in [2.75, 3.05) is 0 Å². The Bertz CT molecular complexity index is 225. The minimum Gasteiger partial charge on any atom is -0.205 e. The van der Waals surface area contributed by atoms with Crippen LogP contribution in [0.2, 0.25) is 0 Å². The number of rotatable bonds is 1. The van der Waals surface area contributed by atoms with E-state index in [1.165, 1.54) is 4.68 Å². The third kappa shape index (κ3) is 1.43. The molecule has 0 bridgehead atoms. The molecule has 0 amide bonds. The molecule has 1 heterocycles. The van der Waals surface area contributed by atoms with Crippen LogP contribution in [0.1, 0.15) is 13.8 Å². The smallest absolute Gasteiger partial charge is 0.205 e. The fraction of sp³-hybridized carbons (Fsp3) is 0.750. The quantitative estimate of drug-likeness (QED) is 0.615. The van der Waals surface area contributed by atoms with Crippen LogP contribution in [-0.4, -0.2) is 20.2 Å². The average molecular weight is 176 g/mol. The first-order chi connectivity index (χ1) is 4.52. The molecule has 0 aliphatic heterocycles. The van der Waals surface area contributed by atoms with Gasteiger partial charge in [0.15, 0.2) is 0 Å². The van der Waals surface area contributed by atoms with Crippen LogP contribution in [0.15, 0.2) is 5.16 Å². The third-order valence-electron chi connectivity index (χ3n) is 0.971. The van der Waals surface area contributed by atoms with Gasteiger partial charge in [-0.15, -0.1) is 30.4 Å². The van der Waals surface area contributed by atoms with E-state index in [1.54, 1.807) is 0 Å². The van der Waals surface area contributed by atoms with E-state index in [0.717, 1.165) is 0 Å². The number of nitrogens with zero attached hydrogens (tertiary/aromatic N) is 4. The van der Waals surface area contributed by atoms with Gasteiger partial charge in [0, 0.05) is 0 Å². The summed E-state index contributed by atoms with van der Waals surface area (Å²) in [4.78, 5) is -0.388. The lowest BCUT2D eigenvalue weighted by molar-refractivity contribution is 0.434. The first-order valence-electron chi connectivity index (χ1n) is 2.72. The van der Waals surface area contributed by atoms with Crippen molar-refractivity contribution >= 4 is 25.3 Å². The van der Waals surface area contributed by atoms with E-state index < -0.39 is 0 Å². The molecule has 4 nitrogen and oxygen atoms in total. The molecule has 0 radical (unpaired) electrons. The molecule has 56 valence electrons. The first-order valence-corrected chi connectivity index (χ1v) is 3.61. The average Bonchev–Trinajstić information content (AvgIpc) is 2.11. The molecule has 1 aromatic rings. The summed E-state index contributed by atoms with van der Waals surface area (Å²) in [6.07, 6.45) is 0. The number of hydrogen-bond donors (Lipinski definition) is 2. The molecule has 0 fully saturated rings. The van der Waals surface area contributed by atoms with Crippen molar-refractivity contribution in [3.63, 3.8) is 0 Å². The van der Waals surface area contributed by atoms with Gasteiger partial charge in [0.25, 0.3) is 0 Å². The molecular formula is C4H8N4S2. The SMILES string of the molecule is CC(C)(S)n1nnnc1S. The molecule has 0 aliphatic rings. The van der Waals surface area contributed by atoms with Gasteiger partial charge in [-0.1, -0.05) is 0 Å². The normalized spacial score (nSPS) is 12.0. The molecule has 10 heavy (non-hydrogen) atoms. The Morgan fingerprint density at radius 2 is 2.10 bits per heavy atom. The molecule has 0 aromatic carbocycles. The summed E-state index contributed by atoms with van der Waals surface area (Å²) in [6.45, 7) is 3.76. The second-order valence-corrected chi connectivity index (χ2v) is 3.88. The maximum atomic E-state index is 4.25. The molecule has 0 saturated carbocycles. The van der Waals surface area contributed by atoms with Crippen molar-refractivity contribution in [3.8, 4) is 0 Å². The van der Waals surface area contributed by atoms with Gasteiger partial charge in [-0.2, -0.15) is 0 Å². The molecule has 0 N–H and O–H groups in total. The molecule has 0 spiro atoms. The Kier molecular flexibility index (Phi) is 1.91. The number of aromatic nitrogens is 4. The van der Waals surface area contributed by atoms with Crippen molar-refractivity contribution in [1.29, 1.82) is 0 Å². The van der Waals surface area contributed by atoms with Crippen LogP contribution in [0.3, 0.4) is 0 Å². The van der Waals surface area contributed by atoms with E-state index in [2.05, 4.69) is 40.8 Å². The van der Waals surface area contributed by atoms with Crippen LogP contribution in [0.5, 0.6) is 0 Å². The summed E-state index contributed by atoms with van der Waals surface area (Å²) >= 11 is 8.27. The van der Waals surface area contributed by atoms with Crippen LogP contribution in [0, 0.1) is 0 Å². The summed E-state index contributed by atoms with van der Waals surface area (Å²) in [6, 6.07) is 0. The largest absolute Gasteiger partial charge is 0.207 e. The number of tetrazole rings is 1. The second kappa shape index (κ2) is 2.43. The van der Waals surface area contributed by atoms with E-state index in [9.17, 15) is 0 Å². The zero-order valence-electron chi connectivity index (χ0n) is 5.68. The maximum absolute atomic E-state index is 4.25. The van der Waals surface area contributed by atoms with Crippen molar-refractivity contribution in [2.45, 2.75) is 23.9 Å². The van der Waals surface area contributed by atoms with Crippen molar-refractivity contribution in [2.24, 2.45) is 0 Å². The zero-order valence-corrected chi connectivity index (χ0v) is 7.47. The Labute approximate surface area is 69.8 Å². The van der Waals surface area contributed by atoms with E-state index in [0.29, 0.717) is 5.16 Å². The summed E-state index contributed by atoms with van der Waals surface area (Å²) in [5.74, 6) is 0. The molecular weight excluding hydrogens is 168 g/mol. The van der Waals surface area contributed by atoms with E-state index >= 15 is 0 Å². The predicted molar refractivity (Wildman–Crippen MR) is 43.4 cm³/mol. The molecule has 0 saturated heterocycles. The van der Waals surface area contributed by atoms with Crippen LogP contribution in [-0.2, 0) is 4.87 Å². The topological polar surface area (TPSA) is 43.6 Å². The first kappa shape index (κ1) is 7.87. The Morgan fingerprint density at radius 3 is 2.30 bits per heavy atom. The van der Waals surface area contributed by atoms with Gasteiger partial charge in [0.05, 0.1) is 0 Å². The molecule has 0 aliphatic carbocycles. The second-order valence-electron chi connectivity index (χ2n) is 2.39. The van der Waals surface area contributed by atoms with Crippen LogP contribution in [0.25, 0.3) is 0 Å². The van der Waals surface area contributed by atoms with Crippen molar-refractivity contribution < 1.29 is 0 Å². The van der Waals surface area contributed by atoms with E-state index in [1.807, 2.05) is 13.8 Å². The molecule has 0 atom stereocenters. The predicted octanol–water partition coefficient (Wildman–Crippen LogP) is 0.584. The van der Waals surface area contributed by atoms with Crippen molar-refractivity contribution in [3.05, 3.63) is 0 Å². The summed E-state index contributed by atoms with van der Waals surface area (Å²) in [7, 11) is 0. The molecule has 1 rings (SSSR count). The van der Waals surface area contributed by atoms with Crippen LogP contribution >= 0.6 is 25.3 Å². The van der Waals surface area contributed by atoms with E-state index in [4.69, 9.17) is 0 Å². The number of thiol groups is 2. The summed E-state index contributed by atoms with van der Waals surface area (Å²) in [5, 5.41) is 11.2. The fourth-order valence-corrected chi connectivity index (χ4v) is 1.08. The van der Waals surface area contributed by atoms with Gasteiger partial charge in [-0.05, 0) is 24.3 Å². The fourth-order valence-electron chi connectivity index (χ4n) is 0.537. The Hall–Kier alpha value is -0.230. The van der Waals surface area contributed by atoms with Gasteiger partial charge in [-0.25, -0.2) is 4.68 Å². The highest BCUT2D eigenvalue weighted by atomic mass is 32.1. The van der Waals surface area contributed by atoms with Gasteiger partial charge < -0.3 is 0 Å². The van der Waals surface area contributed by atoms with Crippen LogP contribution in [0.4, 0.5) is 0 Å². The summed E-state index contributed by atoms with van der Waals surface area (Å²) in [5.41, 5.74) is 0. The standard InChI is InChI=1S/C4H8N4S2/c1-4(2,10)8-3(9)5-6-7-8/h10H,1-2H3,(H,5,7,9). The lowest BCUT2D eigenvalue weighted by atomic mass is 10.4. The van der Waals surface area contributed by atoms with Crippen LogP contribution < -0.4 is 0 Å². The molecule has 0 unspecified atom stereocenters. The third-order valence-corrected chi connectivity index (χ3v) is 1.44. The van der Waals surface area contributed by atoms with E-state index in [-0.39, 0.29) is 4.87 Å². The highest BCUT2D eigenvalue weighted by molar-refractivity contribution is 7.81. The van der Waals surface area contributed by atoms with Gasteiger partial charge in [0.1, 0.15) is 4.87 Å². The highest BCUT2D eigenvalue weighted by Crippen LogP contribution is 2.19. The zero-order chi connectivity index (χ0) is 7.78. The maximum Gasteiger partial charge on any atom is 0.207 e. The minimum atomic E-state index is -0.388. The lowest BCUT2D eigenvalue weighted by Gasteiger charge is -2.16. The highest BCUT2D eigenvalue weighted by Gasteiger charge is 2.18. The molecule has 1 aromatic heterocycles. The Balaban J connectivity index is 3.05. The number of hydrogen-bond acceptors (Lipinski definition) is 5. The van der Waals surface area contributed by atoms with Crippen molar-refractivity contribution in [1.82, 2.24) is 20.2 Å². The minimum absolute atomic E-state index is 0.388.